The lowest BCUT2D eigenvalue weighted by atomic mass is 10.3. The van der Waals surface area contributed by atoms with Crippen LogP contribution < -0.4 is 16.0 Å². The number of carbonyl (C=O) groups excluding carboxylic acids is 1. The van der Waals surface area contributed by atoms with E-state index in [2.05, 4.69) is 30.9 Å². The number of rotatable bonds is 5. The Morgan fingerprint density at radius 2 is 2.00 bits per heavy atom. The number of aromatic nitrogens is 3. The van der Waals surface area contributed by atoms with E-state index in [1.54, 1.807) is 14.0 Å². The first-order chi connectivity index (χ1) is 8.06. The molecule has 0 aromatic carbocycles. The minimum Gasteiger partial charge on any atom is -0.357 e. The first-order valence-electron chi connectivity index (χ1n) is 5.20. The van der Waals surface area contributed by atoms with Gasteiger partial charge in [-0.2, -0.15) is 15.0 Å². The molecule has 3 N–H and O–H groups in total. The van der Waals surface area contributed by atoms with Crippen molar-refractivity contribution in [2.75, 3.05) is 24.2 Å². The van der Waals surface area contributed by atoms with E-state index in [9.17, 15) is 4.79 Å². The second-order valence-corrected chi connectivity index (χ2v) is 3.60. The first kappa shape index (κ1) is 13.4. The normalized spacial score (nSPS) is 11.8. The van der Waals surface area contributed by atoms with E-state index >= 15 is 0 Å². The maximum absolute atomic E-state index is 11.5. The van der Waals surface area contributed by atoms with Crippen molar-refractivity contribution in [2.45, 2.75) is 19.9 Å². The van der Waals surface area contributed by atoms with Gasteiger partial charge in [0.05, 0.1) is 0 Å². The van der Waals surface area contributed by atoms with Crippen LogP contribution in [0.5, 0.6) is 0 Å². The molecule has 1 aromatic rings. The molecule has 94 valence electrons. The number of anilines is 2. The molecule has 1 heterocycles. The highest BCUT2D eigenvalue weighted by atomic mass is 35.5. The van der Waals surface area contributed by atoms with Gasteiger partial charge in [0.1, 0.15) is 6.04 Å². The van der Waals surface area contributed by atoms with Gasteiger partial charge in [0, 0.05) is 13.6 Å². The fourth-order valence-electron chi connectivity index (χ4n) is 1.11. The number of likely N-dealkylation sites (N-methyl/N-ethyl adjacent to an activating group) is 1. The largest absolute Gasteiger partial charge is 0.357 e. The van der Waals surface area contributed by atoms with Crippen LogP contribution in [0.1, 0.15) is 13.8 Å². The van der Waals surface area contributed by atoms with E-state index in [1.165, 1.54) is 0 Å². The molecule has 7 nitrogen and oxygen atoms in total. The van der Waals surface area contributed by atoms with Gasteiger partial charge in [0.2, 0.25) is 23.1 Å². The molecule has 0 saturated carbocycles. The van der Waals surface area contributed by atoms with Gasteiger partial charge < -0.3 is 16.0 Å². The molecule has 1 rings (SSSR count). The van der Waals surface area contributed by atoms with Gasteiger partial charge in [-0.05, 0) is 25.4 Å². The van der Waals surface area contributed by atoms with Crippen LogP contribution in [0.2, 0.25) is 5.28 Å². The molecule has 1 unspecified atom stereocenters. The average molecular weight is 259 g/mol. The molecule has 17 heavy (non-hydrogen) atoms. The van der Waals surface area contributed by atoms with Gasteiger partial charge in [0.25, 0.3) is 0 Å². The van der Waals surface area contributed by atoms with E-state index in [4.69, 9.17) is 11.6 Å². The van der Waals surface area contributed by atoms with Crippen molar-refractivity contribution in [3.8, 4) is 0 Å². The van der Waals surface area contributed by atoms with Gasteiger partial charge in [-0.15, -0.1) is 0 Å². The summed E-state index contributed by atoms with van der Waals surface area (Å²) in [6.07, 6.45) is 0. The van der Waals surface area contributed by atoms with Gasteiger partial charge in [-0.1, -0.05) is 0 Å². The van der Waals surface area contributed by atoms with Crippen LogP contribution >= 0.6 is 11.6 Å². The molecular formula is C9H15ClN6O. The summed E-state index contributed by atoms with van der Waals surface area (Å²) in [5, 5.41) is 8.34. The highest BCUT2D eigenvalue weighted by molar-refractivity contribution is 6.28. The molecule has 0 radical (unpaired) electrons. The van der Waals surface area contributed by atoms with E-state index in [0.29, 0.717) is 12.5 Å². The van der Waals surface area contributed by atoms with Crippen molar-refractivity contribution in [1.82, 2.24) is 20.3 Å². The Morgan fingerprint density at radius 3 is 2.59 bits per heavy atom. The molecule has 0 aliphatic carbocycles. The van der Waals surface area contributed by atoms with Gasteiger partial charge >= 0.3 is 0 Å². The van der Waals surface area contributed by atoms with Gasteiger partial charge in [-0.25, -0.2) is 0 Å². The number of hydrogen-bond acceptors (Lipinski definition) is 6. The number of hydrogen-bond donors (Lipinski definition) is 3. The predicted molar refractivity (Wildman–Crippen MR) is 66.2 cm³/mol. The van der Waals surface area contributed by atoms with Crippen molar-refractivity contribution >= 4 is 29.4 Å². The van der Waals surface area contributed by atoms with Crippen LogP contribution in [0.15, 0.2) is 0 Å². The van der Waals surface area contributed by atoms with Crippen LogP contribution in [0, 0.1) is 0 Å². The molecule has 0 saturated heterocycles. The van der Waals surface area contributed by atoms with Gasteiger partial charge in [-0.3, -0.25) is 4.79 Å². The summed E-state index contributed by atoms with van der Waals surface area (Å²) in [5.74, 6) is 0.471. The second-order valence-electron chi connectivity index (χ2n) is 3.26. The number of nitrogens with one attached hydrogen (secondary N) is 3. The van der Waals surface area contributed by atoms with E-state index in [1.807, 2.05) is 6.92 Å². The average Bonchev–Trinajstić information content (AvgIpc) is 2.28. The summed E-state index contributed by atoms with van der Waals surface area (Å²) < 4.78 is 0. The fourth-order valence-corrected chi connectivity index (χ4v) is 1.27. The lowest BCUT2D eigenvalue weighted by Gasteiger charge is -2.13. The summed E-state index contributed by atoms with van der Waals surface area (Å²) >= 11 is 5.71. The summed E-state index contributed by atoms with van der Waals surface area (Å²) in [4.78, 5) is 23.2. The quantitative estimate of drug-likeness (QED) is 0.713. The topological polar surface area (TPSA) is 91.8 Å². The fraction of sp³-hybridized carbons (Fsp3) is 0.556. The highest BCUT2D eigenvalue weighted by Crippen LogP contribution is 2.09. The van der Waals surface area contributed by atoms with Crippen molar-refractivity contribution < 1.29 is 4.79 Å². The third kappa shape index (κ3) is 4.03. The highest BCUT2D eigenvalue weighted by Gasteiger charge is 2.13. The predicted octanol–water partition coefficient (Wildman–Crippen LogP) is 0.503. The Morgan fingerprint density at radius 1 is 1.35 bits per heavy atom. The lowest BCUT2D eigenvalue weighted by Crippen LogP contribution is -2.37. The molecule has 1 aromatic heterocycles. The molecule has 1 atom stereocenters. The minimum absolute atomic E-state index is 0.0648. The standard InChI is InChI=1S/C9H15ClN6O/c1-4-12-6(17)5(2)13-9-15-7(10)14-8(11-3)16-9/h5H,4H2,1-3H3,(H,12,17)(H2,11,13,14,15,16). The molecule has 0 aliphatic rings. The Labute approximate surface area is 104 Å². The van der Waals surface area contributed by atoms with E-state index in [-0.39, 0.29) is 17.1 Å². The summed E-state index contributed by atoms with van der Waals surface area (Å²) in [6.45, 7) is 4.13. The summed E-state index contributed by atoms with van der Waals surface area (Å²) in [7, 11) is 1.67. The van der Waals surface area contributed by atoms with Crippen molar-refractivity contribution in [3.05, 3.63) is 5.28 Å². The summed E-state index contributed by atoms with van der Waals surface area (Å²) in [6, 6.07) is -0.446. The van der Waals surface area contributed by atoms with E-state index < -0.39 is 6.04 Å². The zero-order valence-electron chi connectivity index (χ0n) is 9.91. The number of halogens is 1. The molecule has 1 amide bonds. The molecular weight excluding hydrogens is 244 g/mol. The maximum Gasteiger partial charge on any atom is 0.242 e. The van der Waals surface area contributed by atoms with Crippen molar-refractivity contribution in [3.63, 3.8) is 0 Å². The van der Waals surface area contributed by atoms with Crippen LogP contribution in [-0.2, 0) is 4.79 Å². The molecule has 0 spiro atoms. The Bertz CT molecular complexity index is 399. The SMILES string of the molecule is CCNC(=O)C(C)Nc1nc(Cl)nc(NC)n1. The Kier molecular flexibility index (Phi) is 4.89. The van der Waals surface area contributed by atoms with Crippen LogP contribution in [-0.4, -0.2) is 40.5 Å². The third-order valence-electron chi connectivity index (χ3n) is 1.92. The third-order valence-corrected chi connectivity index (χ3v) is 2.09. The summed E-state index contributed by atoms with van der Waals surface area (Å²) in [5.41, 5.74) is 0. The first-order valence-corrected chi connectivity index (χ1v) is 5.58. The Balaban J connectivity index is 2.73. The zero-order chi connectivity index (χ0) is 12.8. The molecule has 0 aliphatic heterocycles. The smallest absolute Gasteiger partial charge is 0.242 e. The number of nitrogens with zero attached hydrogens (tertiary/aromatic N) is 3. The number of amides is 1. The van der Waals surface area contributed by atoms with E-state index in [0.717, 1.165) is 0 Å². The monoisotopic (exact) mass is 258 g/mol. The number of carbonyl (C=O) groups is 1. The van der Waals surface area contributed by atoms with Crippen molar-refractivity contribution in [2.24, 2.45) is 0 Å². The van der Waals surface area contributed by atoms with Crippen LogP contribution in [0.25, 0.3) is 0 Å². The Hall–Kier alpha value is -1.63. The lowest BCUT2D eigenvalue weighted by molar-refractivity contribution is -0.121. The molecule has 0 bridgehead atoms. The van der Waals surface area contributed by atoms with Crippen LogP contribution in [0.4, 0.5) is 11.9 Å². The molecule has 0 fully saturated rings. The van der Waals surface area contributed by atoms with Crippen LogP contribution in [0.3, 0.4) is 0 Å². The van der Waals surface area contributed by atoms with Crippen molar-refractivity contribution in [1.29, 1.82) is 0 Å². The van der Waals surface area contributed by atoms with Gasteiger partial charge in [0.15, 0.2) is 0 Å². The molecule has 8 heteroatoms. The minimum atomic E-state index is -0.446. The maximum atomic E-state index is 11.5. The second kappa shape index (κ2) is 6.19. The zero-order valence-corrected chi connectivity index (χ0v) is 10.7.